The standard InChI is InChI=1S/C14H15BrN2OS/c1-3-4-12(18)16-14-17-13(9(2)19-14)10-5-7-11(15)8-6-10/h5-8H,3-4H2,1-2H3,(H,16,17,18). The molecule has 0 unspecified atom stereocenters. The molecule has 0 aliphatic carbocycles. The molecule has 0 spiro atoms. The van der Waals surface area contributed by atoms with Crippen molar-refractivity contribution in [3.8, 4) is 11.3 Å². The maximum Gasteiger partial charge on any atom is 0.226 e. The number of benzene rings is 1. The van der Waals surface area contributed by atoms with E-state index in [0.717, 1.165) is 27.0 Å². The molecule has 0 aliphatic heterocycles. The second-order valence-corrected chi connectivity index (χ2v) is 6.35. The lowest BCUT2D eigenvalue weighted by molar-refractivity contribution is -0.116. The van der Waals surface area contributed by atoms with E-state index in [-0.39, 0.29) is 5.91 Å². The smallest absolute Gasteiger partial charge is 0.226 e. The molecule has 0 aliphatic rings. The van der Waals surface area contributed by atoms with E-state index in [4.69, 9.17) is 0 Å². The second kappa shape index (κ2) is 6.30. The molecule has 0 fully saturated rings. The van der Waals surface area contributed by atoms with Crippen LogP contribution in [0, 0.1) is 6.92 Å². The highest BCUT2D eigenvalue weighted by Crippen LogP contribution is 2.31. The number of aromatic nitrogens is 1. The van der Waals surface area contributed by atoms with Crippen molar-refractivity contribution >= 4 is 38.3 Å². The summed E-state index contributed by atoms with van der Waals surface area (Å²) in [5.74, 6) is 0.0265. The number of thiazole rings is 1. The van der Waals surface area contributed by atoms with Gasteiger partial charge in [0, 0.05) is 21.3 Å². The van der Waals surface area contributed by atoms with Crippen molar-refractivity contribution in [2.24, 2.45) is 0 Å². The summed E-state index contributed by atoms with van der Waals surface area (Å²) in [6.07, 6.45) is 1.38. The molecule has 5 heteroatoms. The van der Waals surface area contributed by atoms with Crippen molar-refractivity contribution in [1.82, 2.24) is 4.98 Å². The summed E-state index contributed by atoms with van der Waals surface area (Å²) >= 11 is 4.93. The van der Waals surface area contributed by atoms with Gasteiger partial charge in [-0.05, 0) is 25.5 Å². The molecule has 1 N–H and O–H groups in total. The minimum atomic E-state index is 0.0265. The second-order valence-electron chi connectivity index (χ2n) is 4.23. The van der Waals surface area contributed by atoms with Crippen molar-refractivity contribution in [3.05, 3.63) is 33.6 Å². The Bertz CT molecular complexity index is 578. The Hall–Kier alpha value is -1.20. The molecule has 19 heavy (non-hydrogen) atoms. The molecule has 3 nitrogen and oxygen atoms in total. The van der Waals surface area contributed by atoms with E-state index in [1.54, 1.807) is 0 Å². The fraction of sp³-hybridized carbons (Fsp3) is 0.286. The van der Waals surface area contributed by atoms with E-state index in [9.17, 15) is 4.79 Å². The molecule has 2 rings (SSSR count). The van der Waals surface area contributed by atoms with Crippen LogP contribution in [0.3, 0.4) is 0 Å². The number of hydrogen-bond acceptors (Lipinski definition) is 3. The molecule has 1 heterocycles. The molecular weight excluding hydrogens is 324 g/mol. The third kappa shape index (κ3) is 3.64. The number of halogens is 1. The molecule has 100 valence electrons. The van der Waals surface area contributed by atoms with Crippen LogP contribution in [-0.4, -0.2) is 10.9 Å². The van der Waals surface area contributed by atoms with Gasteiger partial charge in [-0.2, -0.15) is 0 Å². The summed E-state index contributed by atoms with van der Waals surface area (Å²) in [6.45, 7) is 4.00. The average molecular weight is 339 g/mol. The van der Waals surface area contributed by atoms with E-state index in [2.05, 4.69) is 26.2 Å². The van der Waals surface area contributed by atoms with Gasteiger partial charge in [0.2, 0.25) is 5.91 Å². The van der Waals surface area contributed by atoms with Crippen molar-refractivity contribution in [3.63, 3.8) is 0 Å². The van der Waals surface area contributed by atoms with Gasteiger partial charge in [0.05, 0.1) is 5.69 Å². The number of anilines is 1. The summed E-state index contributed by atoms with van der Waals surface area (Å²) in [4.78, 5) is 17.2. The molecule has 0 saturated carbocycles. The summed E-state index contributed by atoms with van der Waals surface area (Å²) < 4.78 is 1.04. The van der Waals surface area contributed by atoms with E-state index >= 15 is 0 Å². The Labute approximate surface area is 125 Å². The number of carbonyl (C=O) groups is 1. The molecular formula is C14H15BrN2OS. The molecule has 0 saturated heterocycles. The minimum Gasteiger partial charge on any atom is -0.302 e. The van der Waals surface area contributed by atoms with Crippen LogP contribution < -0.4 is 5.32 Å². The van der Waals surface area contributed by atoms with Crippen LogP contribution in [0.25, 0.3) is 11.3 Å². The van der Waals surface area contributed by atoms with Crippen molar-refractivity contribution in [2.75, 3.05) is 5.32 Å². The summed E-state index contributed by atoms with van der Waals surface area (Å²) in [6, 6.07) is 8.01. The van der Waals surface area contributed by atoms with Crippen molar-refractivity contribution in [2.45, 2.75) is 26.7 Å². The monoisotopic (exact) mass is 338 g/mol. The minimum absolute atomic E-state index is 0.0265. The number of nitrogens with one attached hydrogen (secondary N) is 1. The van der Waals surface area contributed by atoms with Crippen molar-refractivity contribution in [1.29, 1.82) is 0 Å². The lowest BCUT2D eigenvalue weighted by atomic mass is 10.1. The predicted octanol–water partition coefficient (Wildman–Crippen LogP) is 4.62. The first-order chi connectivity index (χ1) is 9.10. The lowest BCUT2D eigenvalue weighted by Crippen LogP contribution is -2.10. The first-order valence-electron chi connectivity index (χ1n) is 6.13. The van der Waals surface area contributed by atoms with Crippen LogP contribution in [0.2, 0.25) is 0 Å². The zero-order valence-corrected chi connectivity index (χ0v) is 13.3. The molecule has 0 bridgehead atoms. The van der Waals surface area contributed by atoms with Crippen LogP contribution in [0.1, 0.15) is 24.6 Å². The Morgan fingerprint density at radius 2 is 2.05 bits per heavy atom. The van der Waals surface area contributed by atoms with Gasteiger partial charge < -0.3 is 5.32 Å². The average Bonchev–Trinajstić information content (AvgIpc) is 2.71. The maximum absolute atomic E-state index is 11.6. The van der Waals surface area contributed by atoms with Gasteiger partial charge in [-0.25, -0.2) is 4.98 Å². The maximum atomic E-state index is 11.6. The van der Waals surface area contributed by atoms with Gasteiger partial charge in [0.25, 0.3) is 0 Å². The highest BCUT2D eigenvalue weighted by Gasteiger charge is 2.11. The van der Waals surface area contributed by atoms with Gasteiger partial charge in [0.15, 0.2) is 5.13 Å². The molecule has 2 aromatic rings. The van der Waals surface area contributed by atoms with Gasteiger partial charge >= 0.3 is 0 Å². The summed E-state index contributed by atoms with van der Waals surface area (Å²) in [5, 5.41) is 3.52. The topological polar surface area (TPSA) is 42.0 Å². The third-order valence-corrected chi connectivity index (χ3v) is 4.05. The van der Waals surface area contributed by atoms with E-state index in [1.807, 2.05) is 38.1 Å². The number of nitrogens with zero attached hydrogens (tertiary/aromatic N) is 1. The van der Waals surface area contributed by atoms with Crippen LogP contribution in [0.4, 0.5) is 5.13 Å². The van der Waals surface area contributed by atoms with Crippen molar-refractivity contribution < 1.29 is 4.79 Å². The van der Waals surface area contributed by atoms with Crippen LogP contribution in [0.15, 0.2) is 28.7 Å². The zero-order valence-electron chi connectivity index (χ0n) is 10.9. The fourth-order valence-corrected chi connectivity index (χ4v) is 2.85. The molecule has 1 amide bonds. The summed E-state index contributed by atoms with van der Waals surface area (Å²) in [5.41, 5.74) is 2.00. The Morgan fingerprint density at radius 3 is 2.68 bits per heavy atom. The number of hydrogen-bond donors (Lipinski definition) is 1. The van der Waals surface area contributed by atoms with E-state index in [0.29, 0.717) is 11.6 Å². The van der Waals surface area contributed by atoms with Gasteiger partial charge in [-0.3, -0.25) is 4.79 Å². The SMILES string of the molecule is CCCC(=O)Nc1nc(-c2ccc(Br)cc2)c(C)s1. The zero-order chi connectivity index (χ0) is 13.8. The fourth-order valence-electron chi connectivity index (χ4n) is 1.73. The first-order valence-corrected chi connectivity index (χ1v) is 7.74. The van der Waals surface area contributed by atoms with Crippen LogP contribution >= 0.6 is 27.3 Å². The summed E-state index contributed by atoms with van der Waals surface area (Å²) in [7, 11) is 0. The number of carbonyl (C=O) groups excluding carboxylic acids is 1. The predicted molar refractivity (Wildman–Crippen MR) is 83.5 cm³/mol. The van der Waals surface area contributed by atoms with Gasteiger partial charge in [-0.1, -0.05) is 35.0 Å². The molecule has 1 aromatic heterocycles. The highest BCUT2D eigenvalue weighted by molar-refractivity contribution is 9.10. The van der Waals surface area contributed by atoms with Gasteiger partial charge in [-0.15, -0.1) is 11.3 Å². The number of amides is 1. The first kappa shape index (κ1) is 14.2. The van der Waals surface area contributed by atoms with E-state index in [1.165, 1.54) is 11.3 Å². The Morgan fingerprint density at radius 1 is 1.37 bits per heavy atom. The van der Waals surface area contributed by atoms with Crippen LogP contribution in [-0.2, 0) is 4.79 Å². The van der Waals surface area contributed by atoms with Crippen LogP contribution in [0.5, 0.6) is 0 Å². The molecule has 1 aromatic carbocycles. The van der Waals surface area contributed by atoms with E-state index < -0.39 is 0 Å². The Balaban J connectivity index is 2.21. The number of aryl methyl sites for hydroxylation is 1. The third-order valence-electron chi connectivity index (χ3n) is 2.64. The normalized spacial score (nSPS) is 10.5. The Kier molecular flexibility index (Phi) is 4.71. The largest absolute Gasteiger partial charge is 0.302 e. The molecule has 0 atom stereocenters. The lowest BCUT2D eigenvalue weighted by Gasteiger charge is -1.99. The highest BCUT2D eigenvalue weighted by atomic mass is 79.9. The number of rotatable bonds is 4. The van der Waals surface area contributed by atoms with Gasteiger partial charge in [0.1, 0.15) is 0 Å². The molecule has 0 radical (unpaired) electrons. The quantitative estimate of drug-likeness (QED) is 0.883.